The molecule has 2 nitrogen and oxygen atoms in total. The minimum Gasteiger partial charge on any atom is -0.388 e. The van der Waals surface area contributed by atoms with Gasteiger partial charge in [-0.05, 0) is 50.7 Å². The maximum Gasteiger partial charge on any atom is 0.131 e. The highest BCUT2D eigenvalue weighted by Crippen LogP contribution is 2.26. The number of rotatable bonds is 5. The zero-order chi connectivity index (χ0) is 13.8. The average molecular weight is 270 g/mol. The summed E-state index contributed by atoms with van der Waals surface area (Å²) in [4.78, 5) is 0. The normalized spacial score (nSPS) is 20.7. The van der Waals surface area contributed by atoms with Crippen LogP contribution in [0.1, 0.15) is 49.3 Å². The third-order valence-corrected chi connectivity index (χ3v) is 3.66. The first kappa shape index (κ1) is 14.4. The van der Waals surface area contributed by atoms with Crippen LogP contribution in [0, 0.1) is 18.6 Å². The Balaban J connectivity index is 1.88. The molecule has 1 fully saturated rings. The fourth-order valence-corrected chi connectivity index (χ4v) is 2.50. The van der Waals surface area contributed by atoms with Gasteiger partial charge in [0, 0.05) is 18.2 Å². The standard InChI is InChI=1S/C15H20F2O2/c1-10-8-12(14(17)9-13(10)16)15(18)6-2-4-11-5-3-7-19-11/h8-9,11,15,18H,2-7H2,1H3. The molecular formula is C15H20F2O2. The number of hydrogen-bond acceptors (Lipinski definition) is 2. The topological polar surface area (TPSA) is 29.5 Å². The smallest absolute Gasteiger partial charge is 0.131 e. The molecule has 1 aromatic carbocycles. The van der Waals surface area contributed by atoms with Crippen molar-refractivity contribution in [1.29, 1.82) is 0 Å². The molecule has 0 spiro atoms. The summed E-state index contributed by atoms with van der Waals surface area (Å²) in [6.45, 7) is 2.39. The van der Waals surface area contributed by atoms with E-state index in [0.29, 0.717) is 12.0 Å². The second-order valence-electron chi connectivity index (χ2n) is 5.20. The predicted octanol–water partition coefficient (Wildman–Crippen LogP) is 3.66. The summed E-state index contributed by atoms with van der Waals surface area (Å²) < 4.78 is 32.2. The van der Waals surface area contributed by atoms with Crippen molar-refractivity contribution in [3.05, 3.63) is 34.9 Å². The lowest BCUT2D eigenvalue weighted by atomic mass is 9.99. The van der Waals surface area contributed by atoms with E-state index in [1.165, 1.54) is 6.07 Å². The summed E-state index contributed by atoms with van der Waals surface area (Å²) >= 11 is 0. The molecule has 0 radical (unpaired) electrons. The number of aryl methyl sites for hydroxylation is 1. The molecule has 2 atom stereocenters. The Morgan fingerprint density at radius 1 is 1.37 bits per heavy atom. The molecule has 1 aliphatic rings. The summed E-state index contributed by atoms with van der Waals surface area (Å²) in [5.41, 5.74) is 0.542. The highest BCUT2D eigenvalue weighted by atomic mass is 19.1. The summed E-state index contributed by atoms with van der Waals surface area (Å²) in [5, 5.41) is 9.99. The zero-order valence-corrected chi connectivity index (χ0v) is 11.2. The minimum absolute atomic E-state index is 0.186. The van der Waals surface area contributed by atoms with E-state index in [0.717, 1.165) is 38.4 Å². The molecular weight excluding hydrogens is 250 g/mol. The third-order valence-electron chi connectivity index (χ3n) is 3.66. The van der Waals surface area contributed by atoms with E-state index in [2.05, 4.69) is 0 Å². The Morgan fingerprint density at radius 2 is 2.16 bits per heavy atom. The molecule has 0 amide bonds. The van der Waals surface area contributed by atoms with Gasteiger partial charge in [-0.3, -0.25) is 0 Å². The maximum absolute atomic E-state index is 13.6. The Bertz CT molecular complexity index is 428. The van der Waals surface area contributed by atoms with Crippen LogP contribution in [0.25, 0.3) is 0 Å². The van der Waals surface area contributed by atoms with E-state index in [9.17, 15) is 13.9 Å². The molecule has 1 aliphatic heterocycles. The average Bonchev–Trinajstić information content (AvgIpc) is 2.86. The van der Waals surface area contributed by atoms with Crippen LogP contribution in [0.2, 0.25) is 0 Å². The van der Waals surface area contributed by atoms with Crippen LogP contribution in [0.15, 0.2) is 12.1 Å². The van der Waals surface area contributed by atoms with E-state index in [4.69, 9.17) is 4.74 Å². The molecule has 0 saturated carbocycles. The van der Waals surface area contributed by atoms with E-state index in [-0.39, 0.29) is 11.7 Å². The van der Waals surface area contributed by atoms with Gasteiger partial charge in [-0.15, -0.1) is 0 Å². The Morgan fingerprint density at radius 3 is 2.84 bits per heavy atom. The summed E-state index contributed by atoms with van der Waals surface area (Å²) in [5.74, 6) is -1.25. The molecule has 106 valence electrons. The van der Waals surface area contributed by atoms with Crippen LogP contribution in [-0.4, -0.2) is 17.8 Å². The Hall–Kier alpha value is -1.00. The van der Waals surface area contributed by atoms with Crippen LogP contribution in [0.3, 0.4) is 0 Å². The number of benzene rings is 1. The van der Waals surface area contributed by atoms with E-state index >= 15 is 0 Å². The molecule has 1 heterocycles. The van der Waals surface area contributed by atoms with Crippen molar-refractivity contribution in [2.75, 3.05) is 6.61 Å². The van der Waals surface area contributed by atoms with Gasteiger partial charge in [0.15, 0.2) is 0 Å². The lowest BCUT2D eigenvalue weighted by Gasteiger charge is -2.14. The summed E-state index contributed by atoms with van der Waals surface area (Å²) in [7, 11) is 0. The second kappa shape index (κ2) is 6.44. The Labute approximate surface area is 112 Å². The molecule has 4 heteroatoms. The largest absolute Gasteiger partial charge is 0.388 e. The van der Waals surface area contributed by atoms with E-state index < -0.39 is 17.7 Å². The quantitative estimate of drug-likeness (QED) is 0.884. The van der Waals surface area contributed by atoms with E-state index in [1.54, 1.807) is 6.92 Å². The molecule has 1 aromatic rings. The Kier molecular flexibility index (Phi) is 4.88. The van der Waals surface area contributed by atoms with Crippen molar-refractivity contribution < 1.29 is 18.6 Å². The molecule has 2 rings (SSSR count). The van der Waals surface area contributed by atoms with Crippen LogP contribution in [0.5, 0.6) is 0 Å². The lowest BCUT2D eigenvalue weighted by Crippen LogP contribution is -2.07. The van der Waals surface area contributed by atoms with Crippen molar-refractivity contribution in [2.24, 2.45) is 0 Å². The molecule has 2 unspecified atom stereocenters. The zero-order valence-electron chi connectivity index (χ0n) is 11.2. The molecule has 19 heavy (non-hydrogen) atoms. The van der Waals surface area contributed by atoms with Crippen LogP contribution < -0.4 is 0 Å². The van der Waals surface area contributed by atoms with E-state index in [1.807, 2.05) is 0 Å². The third kappa shape index (κ3) is 3.74. The van der Waals surface area contributed by atoms with Gasteiger partial charge in [0.2, 0.25) is 0 Å². The molecule has 1 saturated heterocycles. The summed E-state index contributed by atoms with van der Waals surface area (Å²) in [6, 6.07) is 2.23. The van der Waals surface area contributed by atoms with Gasteiger partial charge in [-0.1, -0.05) is 0 Å². The summed E-state index contributed by atoms with van der Waals surface area (Å²) in [6.07, 6.45) is 3.72. The molecule has 0 aliphatic carbocycles. The first-order valence-electron chi connectivity index (χ1n) is 6.83. The number of aliphatic hydroxyl groups excluding tert-OH is 1. The predicted molar refractivity (Wildman–Crippen MR) is 68.9 cm³/mol. The maximum atomic E-state index is 13.6. The SMILES string of the molecule is Cc1cc(C(O)CCCC2CCCO2)c(F)cc1F. The first-order valence-corrected chi connectivity index (χ1v) is 6.83. The highest BCUT2D eigenvalue weighted by Gasteiger charge is 2.18. The number of hydrogen-bond donors (Lipinski definition) is 1. The van der Waals surface area contributed by atoms with Crippen LogP contribution in [-0.2, 0) is 4.74 Å². The van der Waals surface area contributed by atoms with Gasteiger partial charge in [0.05, 0.1) is 12.2 Å². The number of halogens is 2. The fraction of sp³-hybridized carbons (Fsp3) is 0.600. The van der Waals surface area contributed by atoms with Crippen molar-refractivity contribution >= 4 is 0 Å². The molecule has 0 aromatic heterocycles. The van der Waals surface area contributed by atoms with Crippen molar-refractivity contribution in [1.82, 2.24) is 0 Å². The lowest BCUT2D eigenvalue weighted by molar-refractivity contribution is 0.0940. The van der Waals surface area contributed by atoms with Gasteiger partial charge < -0.3 is 9.84 Å². The monoisotopic (exact) mass is 270 g/mol. The van der Waals surface area contributed by atoms with Crippen LogP contribution in [0.4, 0.5) is 8.78 Å². The van der Waals surface area contributed by atoms with Gasteiger partial charge in [0.25, 0.3) is 0 Å². The minimum atomic E-state index is -0.874. The van der Waals surface area contributed by atoms with Gasteiger partial charge in [-0.2, -0.15) is 0 Å². The van der Waals surface area contributed by atoms with Gasteiger partial charge in [-0.25, -0.2) is 8.78 Å². The van der Waals surface area contributed by atoms with Crippen molar-refractivity contribution in [2.45, 2.75) is 51.2 Å². The number of aliphatic hydroxyl groups is 1. The first-order chi connectivity index (χ1) is 9.08. The van der Waals surface area contributed by atoms with Gasteiger partial charge in [0.1, 0.15) is 11.6 Å². The van der Waals surface area contributed by atoms with Crippen molar-refractivity contribution in [3.63, 3.8) is 0 Å². The molecule has 0 bridgehead atoms. The van der Waals surface area contributed by atoms with Gasteiger partial charge >= 0.3 is 0 Å². The van der Waals surface area contributed by atoms with Crippen molar-refractivity contribution in [3.8, 4) is 0 Å². The fourth-order valence-electron chi connectivity index (χ4n) is 2.50. The number of ether oxygens (including phenoxy) is 1. The highest BCUT2D eigenvalue weighted by molar-refractivity contribution is 5.27. The molecule has 1 N–H and O–H groups in total. The van der Waals surface area contributed by atoms with Crippen LogP contribution >= 0.6 is 0 Å². The second-order valence-corrected chi connectivity index (χ2v) is 5.20.